The number of hydrogen-bond donors (Lipinski definition) is 0. The number of piperidine rings is 1. The molecule has 2 aromatic heterocycles. The predicted octanol–water partition coefficient (Wildman–Crippen LogP) is 2.34. The molecule has 1 atom stereocenters. The molecule has 0 bridgehead atoms. The largest absolute Gasteiger partial charge is 0.406 e. The molecule has 2 saturated heterocycles. The van der Waals surface area contributed by atoms with Gasteiger partial charge in [-0.25, -0.2) is 0 Å². The van der Waals surface area contributed by atoms with Gasteiger partial charge in [0.15, 0.2) is 11.5 Å². The lowest BCUT2D eigenvalue weighted by atomic mass is 9.94. The number of rotatable bonds is 4. The first-order valence-electron chi connectivity index (χ1n) is 10.2. The molecule has 3 aliphatic rings. The molecule has 1 aliphatic carbocycles. The second-order valence-corrected chi connectivity index (χ2v) is 8.35. The van der Waals surface area contributed by atoms with Gasteiger partial charge in [-0.1, -0.05) is 0 Å². The van der Waals surface area contributed by atoms with E-state index in [0.29, 0.717) is 25.4 Å². The summed E-state index contributed by atoms with van der Waals surface area (Å²) in [6, 6.07) is 3.54. The molecule has 1 saturated carbocycles. The Hall–Kier alpha value is -2.23. The van der Waals surface area contributed by atoms with Crippen molar-refractivity contribution < 1.29 is 18.0 Å². The van der Waals surface area contributed by atoms with E-state index in [-0.39, 0.29) is 12.5 Å². The number of carbonyl (C=O) groups is 1. The van der Waals surface area contributed by atoms with Gasteiger partial charge in [-0.2, -0.15) is 22.8 Å². The average molecular weight is 408 g/mol. The number of carbonyl (C=O) groups excluding carboxylic acids is 1. The van der Waals surface area contributed by atoms with Crippen molar-refractivity contribution in [2.75, 3.05) is 26.2 Å². The highest BCUT2D eigenvalue weighted by Gasteiger charge is 2.42. The van der Waals surface area contributed by atoms with Crippen LogP contribution in [0.5, 0.6) is 0 Å². The van der Waals surface area contributed by atoms with Crippen LogP contribution >= 0.6 is 0 Å². The Morgan fingerprint density at radius 2 is 1.72 bits per heavy atom. The molecule has 4 heterocycles. The van der Waals surface area contributed by atoms with Crippen molar-refractivity contribution in [2.24, 2.45) is 0 Å². The number of likely N-dealkylation sites (tertiary alicyclic amines) is 2. The monoisotopic (exact) mass is 408 g/mol. The van der Waals surface area contributed by atoms with Crippen LogP contribution in [0.25, 0.3) is 5.65 Å². The van der Waals surface area contributed by atoms with Crippen LogP contribution < -0.4 is 0 Å². The van der Waals surface area contributed by atoms with Crippen molar-refractivity contribution in [3.05, 3.63) is 23.7 Å². The van der Waals surface area contributed by atoms with Gasteiger partial charge in [0, 0.05) is 18.4 Å². The maximum absolute atomic E-state index is 12.6. The lowest BCUT2D eigenvalue weighted by molar-refractivity contribution is -0.159. The SMILES string of the molecule is O=C1C(N2CCC(c3nnc4ccc(C5CC5)nn34)CC2)CCN1CC(F)(F)F. The maximum atomic E-state index is 12.6. The number of alkyl halides is 3. The molecular formula is C19H23F3N6O. The Kier molecular flexibility index (Phi) is 4.49. The van der Waals surface area contributed by atoms with E-state index in [4.69, 9.17) is 5.10 Å². The minimum absolute atomic E-state index is 0.172. The normalized spacial score (nSPS) is 24.7. The molecular weight excluding hydrogens is 385 g/mol. The molecule has 10 heteroatoms. The van der Waals surface area contributed by atoms with Gasteiger partial charge in [-0.05, 0) is 57.3 Å². The summed E-state index contributed by atoms with van der Waals surface area (Å²) < 4.78 is 39.8. The molecule has 0 N–H and O–H groups in total. The van der Waals surface area contributed by atoms with Crippen LogP contribution in [0.4, 0.5) is 13.2 Å². The quantitative estimate of drug-likeness (QED) is 0.777. The second-order valence-electron chi connectivity index (χ2n) is 8.35. The molecule has 1 amide bonds. The van der Waals surface area contributed by atoms with Crippen molar-refractivity contribution >= 4 is 11.6 Å². The summed E-state index contributed by atoms with van der Waals surface area (Å²) in [5, 5.41) is 13.3. The summed E-state index contributed by atoms with van der Waals surface area (Å²) in [7, 11) is 0. The maximum Gasteiger partial charge on any atom is 0.406 e. The van der Waals surface area contributed by atoms with E-state index in [1.807, 2.05) is 21.5 Å². The summed E-state index contributed by atoms with van der Waals surface area (Å²) in [6.07, 6.45) is 0.0426. The lowest BCUT2D eigenvalue weighted by Gasteiger charge is -2.34. The van der Waals surface area contributed by atoms with Crippen molar-refractivity contribution in [3.8, 4) is 0 Å². The number of amides is 1. The molecule has 0 aromatic carbocycles. The summed E-state index contributed by atoms with van der Waals surface area (Å²) >= 11 is 0. The zero-order valence-electron chi connectivity index (χ0n) is 16.0. The van der Waals surface area contributed by atoms with Gasteiger partial charge in [0.25, 0.3) is 0 Å². The first kappa shape index (κ1) is 18.8. The minimum Gasteiger partial charge on any atom is -0.332 e. The molecule has 156 valence electrons. The Balaban J connectivity index is 1.25. The Labute approximate surface area is 165 Å². The van der Waals surface area contributed by atoms with Gasteiger partial charge >= 0.3 is 6.18 Å². The van der Waals surface area contributed by atoms with Gasteiger partial charge in [0.1, 0.15) is 6.54 Å². The molecule has 1 unspecified atom stereocenters. The van der Waals surface area contributed by atoms with Crippen molar-refractivity contribution in [1.82, 2.24) is 29.6 Å². The molecule has 7 nitrogen and oxygen atoms in total. The number of nitrogens with zero attached hydrogens (tertiary/aromatic N) is 6. The van der Waals surface area contributed by atoms with E-state index in [9.17, 15) is 18.0 Å². The van der Waals surface area contributed by atoms with E-state index < -0.39 is 24.7 Å². The highest BCUT2D eigenvalue weighted by Crippen LogP contribution is 2.39. The van der Waals surface area contributed by atoms with Gasteiger partial charge in [0.05, 0.1) is 11.7 Å². The summed E-state index contributed by atoms with van der Waals surface area (Å²) in [5.74, 6) is 1.18. The third-order valence-electron chi connectivity index (χ3n) is 6.28. The third kappa shape index (κ3) is 3.70. The topological polar surface area (TPSA) is 66.6 Å². The Morgan fingerprint density at radius 1 is 0.966 bits per heavy atom. The number of aromatic nitrogens is 4. The van der Waals surface area contributed by atoms with Crippen LogP contribution in [-0.4, -0.2) is 73.9 Å². The first-order valence-corrected chi connectivity index (χ1v) is 10.2. The van der Waals surface area contributed by atoms with Crippen LogP contribution in [0.15, 0.2) is 12.1 Å². The van der Waals surface area contributed by atoms with E-state index in [1.165, 1.54) is 12.8 Å². The summed E-state index contributed by atoms with van der Waals surface area (Å²) in [5.41, 5.74) is 1.82. The zero-order chi connectivity index (χ0) is 20.2. The number of halogens is 3. The molecule has 0 spiro atoms. The van der Waals surface area contributed by atoms with Gasteiger partial charge in [-0.15, -0.1) is 10.2 Å². The van der Waals surface area contributed by atoms with E-state index in [0.717, 1.165) is 34.9 Å². The van der Waals surface area contributed by atoms with Gasteiger partial charge < -0.3 is 4.90 Å². The summed E-state index contributed by atoms with van der Waals surface area (Å²) in [6.45, 7) is 0.349. The second kappa shape index (κ2) is 6.93. The number of fused-ring (bicyclic) bond motifs is 1. The smallest absolute Gasteiger partial charge is 0.332 e. The van der Waals surface area contributed by atoms with Crippen molar-refractivity contribution in [2.45, 2.75) is 56.2 Å². The average Bonchev–Trinajstić information content (AvgIpc) is 3.37. The highest BCUT2D eigenvalue weighted by atomic mass is 19.4. The minimum atomic E-state index is -4.35. The molecule has 2 aliphatic heterocycles. The molecule has 0 radical (unpaired) electrons. The lowest BCUT2D eigenvalue weighted by Crippen LogP contribution is -2.46. The van der Waals surface area contributed by atoms with Crippen molar-refractivity contribution in [3.63, 3.8) is 0 Å². The van der Waals surface area contributed by atoms with Crippen LogP contribution in [0.2, 0.25) is 0 Å². The standard InChI is InChI=1S/C19H23F3N6O/c20-19(21,22)11-27-10-7-15(18(27)29)26-8-5-13(6-9-26)17-24-23-16-4-3-14(12-1-2-12)25-28(16)17/h3-4,12-13,15H,1-2,5-11H2. The van der Waals surface area contributed by atoms with Crippen LogP contribution in [0.3, 0.4) is 0 Å². The first-order chi connectivity index (χ1) is 13.9. The molecule has 2 aromatic rings. The fourth-order valence-corrected chi connectivity index (χ4v) is 4.58. The molecule has 29 heavy (non-hydrogen) atoms. The van der Waals surface area contributed by atoms with E-state index >= 15 is 0 Å². The van der Waals surface area contributed by atoms with Crippen LogP contribution in [0, 0.1) is 0 Å². The number of hydrogen-bond acceptors (Lipinski definition) is 5. The highest BCUT2D eigenvalue weighted by molar-refractivity contribution is 5.84. The van der Waals surface area contributed by atoms with Gasteiger partial charge in [-0.3, -0.25) is 9.69 Å². The third-order valence-corrected chi connectivity index (χ3v) is 6.28. The van der Waals surface area contributed by atoms with Crippen LogP contribution in [0.1, 0.15) is 55.5 Å². The van der Waals surface area contributed by atoms with Gasteiger partial charge in [0.2, 0.25) is 5.91 Å². The fourth-order valence-electron chi connectivity index (χ4n) is 4.58. The zero-order valence-corrected chi connectivity index (χ0v) is 16.0. The van der Waals surface area contributed by atoms with Crippen molar-refractivity contribution in [1.29, 1.82) is 0 Å². The summed E-state index contributed by atoms with van der Waals surface area (Å²) in [4.78, 5) is 15.4. The fraction of sp³-hybridized carbons (Fsp3) is 0.684. The van der Waals surface area contributed by atoms with E-state index in [1.54, 1.807) is 0 Å². The Morgan fingerprint density at radius 3 is 2.41 bits per heavy atom. The molecule has 3 fully saturated rings. The van der Waals surface area contributed by atoms with E-state index in [2.05, 4.69) is 10.2 Å². The Bertz CT molecular complexity index is 916. The predicted molar refractivity (Wildman–Crippen MR) is 97.3 cm³/mol. The van der Waals surface area contributed by atoms with Crippen LogP contribution in [-0.2, 0) is 4.79 Å². The molecule has 5 rings (SSSR count).